The van der Waals surface area contributed by atoms with Crippen molar-refractivity contribution in [2.75, 3.05) is 32.8 Å². The number of carbonyl (C=O) groups is 6. The second-order valence-electron chi connectivity index (χ2n) is 11.7. The standard InChI is InChI=1S/C18H24N4O18.C15H12O2/c23-11(1-5-19(28)29)36-9-10-15(38-12(24)2-6-20(30)31)16(39-13(25)3-7-21(32)33)17(18(27)37-10)40-14(26)4-8-22(34)35;1-2-13(11-6-4-3-5-7-11)14-10-12(16)8-9-15(14)17/h10,15-18,27H,1-9H2;2-10,13H,1H2. The van der Waals surface area contributed by atoms with Crippen LogP contribution in [-0.4, -0.2) is 124 Å². The molecule has 0 aromatic heterocycles. The van der Waals surface area contributed by atoms with Gasteiger partial charge in [-0.1, -0.05) is 36.4 Å². The fraction of sp³-hybridized carbons (Fsp3) is 0.455. The molecule has 1 aliphatic heterocycles. The summed E-state index contributed by atoms with van der Waals surface area (Å²) in [6, 6.07) is 9.55. The van der Waals surface area contributed by atoms with Gasteiger partial charge in [-0.15, -0.1) is 6.58 Å². The van der Waals surface area contributed by atoms with Crippen molar-refractivity contribution in [3.8, 4) is 0 Å². The Hall–Kier alpha value is -6.82. The van der Waals surface area contributed by atoms with Gasteiger partial charge in [-0.25, -0.2) is 0 Å². The van der Waals surface area contributed by atoms with Gasteiger partial charge in [0, 0.05) is 31.2 Å². The summed E-state index contributed by atoms with van der Waals surface area (Å²) in [6.45, 7) is -0.715. The number of allylic oxidation sites excluding steroid dienone is 5. The van der Waals surface area contributed by atoms with Gasteiger partial charge in [0.1, 0.15) is 38.4 Å². The van der Waals surface area contributed by atoms with Crippen molar-refractivity contribution >= 4 is 35.4 Å². The van der Waals surface area contributed by atoms with E-state index in [1.807, 2.05) is 30.3 Å². The fourth-order valence-corrected chi connectivity index (χ4v) is 4.91. The van der Waals surface area contributed by atoms with Gasteiger partial charge >= 0.3 is 23.9 Å². The number of esters is 4. The van der Waals surface area contributed by atoms with Crippen LogP contribution in [0.4, 0.5) is 0 Å². The van der Waals surface area contributed by atoms with Crippen molar-refractivity contribution in [3.05, 3.63) is 113 Å². The van der Waals surface area contributed by atoms with Crippen LogP contribution in [0.2, 0.25) is 0 Å². The lowest BCUT2D eigenvalue weighted by Gasteiger charge is -2.42. The number of ether oxygens (including phenoxy) is 5. The van der Waals surface area contributed by atoms with Gasteiger partial charge in [-0.2, -0.15) is 0 Å². The quantitative estimate of drug-likeness (QED) is 0.0460. The Balaban J connectivity index is 0.000000542. The zero-order valence-corrected chi connectivity index (χ0v) is 29.7. The van der Waals surface area contributed by atoms with E-state index < -0.39 is 133 Å². The number of benzene rings is 1. The molecule has 1 fully saturated rings. The summed E-state index contributed by atoms with van der Waals surface area (Å²) in [5.41, 5.74) is 1.45. The van der Waals surface area contributed by atoms with Crippen LogP contribution in [-0.2, 0) is 52.5 Å². The molecule has 1 aromatic carbocycles. The van der Waals surface area contributed by atoms with Gasteiger partial charge < -0.3 is 28.8 Å². The molecule has 57 heavy (non-hydrogen) atoms. The molecule has 1 aromatic rings. The Morgan fingerprint density at radius 2 is 1.18 bits per heavy atom. The van der Waals surface area contributed by atoms with Crippen LogP contribution < -0.4 is 0 Å². The number of nitro groups is 4. The smallest absolute Gasteiger partial charge is 0.313 e. The molecule has 0 radical (unpaired) electrons. The lowest BCUT2D eigenvalue weighted by Crippen LogP contribution is -2.62. The Morgan fingerprint density at radius 3 is 1.65 bits per heavy atom. The maximum absolute atomic E-state index is 12.3. The van der Waals surface area contributed by atoms with Crippen LogP contribution in [0.25, 0.3) is 0 Å². The van der Waals surface area contributed by atoms with Crippen LogP contribution in [0, 0.1) is 40.5 Å². The first kappa shape index (κ1) is 46.3. The molecule has 1 heterocycles. The first-order valence-electron chi connectivity index (χ1n) is 16.6. The number of nitrogens with zero attached hydrogens (tertiary/aromatic N) is 4. The average molecular weight is 809 g/mol. The Labute approximate surface area is 320 Å². The van der Waals surface area contributed by atoms with E-state index in [1.165, 1.54) is 18.2 Å². The number of hydrogen-bond donors (Lipinski definition) is 1. The molecule has 24 heteroatoms. The van der Waals surface area contributed by atoms with Crippen LogP contribution in [0.1, 0.15) is 37.2 Å². The molecule has 2 aliphatic rings. The molecule has 0 bridgehead atoms. The molecule has 1 N–H and O–H groups in total. The zero-order valence-electron chi connectivity index (χ0n) is 29.7. The lowest BCUT2D eigenvalue weighted by atomic mass is 9.86. The summed E-state index contributed by atoms with van der Waals surface area (Å²) in [5, 5.41) is 52.7. The average Bonchev–Trinajstić information content (AvgIpc) is 3.15. The summed E-state index contributed by atoms with van der Waals surface area (Å²) in [4.78, 5) is 110. The monoisotopic (exact) mass is 808 g/mol. The minimum Gasteiger partial charge on any atom is -0.463 e. The summed E-state index contributed by atoms with van der Waals surface area (Å²) < 4.78 is 25.1. The third-order valence-electron chi connectivity index (χ3n) is 7.53. The molecule has 24 nitrogen and oxygen atoms in total. The highest BCUT2D eigenvalue weighted by Gasteiger charge is 2.52. The maximum Gasteiger partial charge on any atom is 0.313 e. The maximum atomic E-state index is 12.3. The minimum absolute atomic E-state index is 0.127. The van der Waals surface area contributed by atoms with E-state index in [4.69, 9.17) is 23.7 Å². The Morgan fingerprint density at radius 1 is 0.719 bits per heavy atom. The fourth-order valence-electron chi connectivity index (χ4n) is 4.91. The van der Waals surface area contributed by atoms with E-state index in [0.29, 0.717) is 5.57 Å². The van der Waals surface area contributed by atoms with Gasteiger partial charge in [0.15, 0.2) is 36.2 Å². The number of aliphatic hydroxyl groups is 1. The molecule has 3 rings (SSSR count). The normalized spacial score (nSPS) is 20.3. The molecule has 308 valence electrons. The first-order chi connectivity index (χ1) is 26.9. The lowest BCUT2D eigenvalue weighted by molar-refractivity contribution is -0.479. The molecule has 0 spiro atoms. The van der Waals surface area contributed by atoms with Crippen molar-refractivity contribution in [3.63, 3.8) is 0 Å². The number of rotatable bonds is 20. The van der Waals surface area contributed by atoms with Crippen molar-refractivity contribution in [1.29, 1.82) is 0 Å². The van der Waals surface area contributed by atoms with E-state index >= 15 is 0 Å². The van der Waals surface area contributed by atoms with Crippen molar-refractivity contribution in [2.45, 2.75) is 62.3 Å². The summed E-state index contributed by atoms with van der Waals surface area (Å²) in [6.07, 6.45) is -7.49. The molecule has 1 aliphatic carbocycles. The SMILES string of the molecule is C=CC(C1=CC(=O)C=CC1=O)c1ccccc1.O=C(CC[N+](=O)[O-])OCC1OC(O)C(OC(=O)CC[N+](=O)[O-])C(OC(=O)CC[N+](=O)[O-])C1OC(=O)CC[N+](=O)[O-]. The molecular formula is C33H36N4O20. The second kappa shape index (κ2) is 23.2. The van der Waals surface area contributed by atoms with Crippen molar-refractivity contribution in [1.82, 2.24) is 0 Å². The molecular weight excluding hydrogens is 772 g/mol. The van der Waals surface area contributed by atoms with Crippen LogP contribution in [0.15, 0.2) is 66.8 Å². The number of aliphatic hydroxyl groups excluding tert-OH is 1. The third-order valence-corrected chi connectivity index (χ3v) is 7.53. The molecule has 1 saturated heterocycles. The van der Waals surface area contributed by atoms with Crippen LogP contribution in [0.5, 0.6) is 0 Å². The van der Waals surface area contributed by atoms with Crippen molar-refractivity contribution in [2.24, 2.45) is 0 Å². The van der Waals surface area contributed by atoms with E-state index in [1.54, 1.807) is 6.08 Å². The highest BCUT2D eigenvalue weighted by molar-refractivity contribution is 6.18. The molecule has 6 atom stereocenters. The topological polar surface area (TPSA) is 341 Å². The van der Waals surface area contributed by atoms with E-state index in [2.05, 4.69) is 6.58 Å². The Kier molecular flexibility index (Phi) is 18.8. The highest BCUT2D eigenvalue weighted by atomic mass is 16.7. The van der Waals surface area contributed by atoms with E-state index in [-0.39, 0.29) is 17.5 Å². The van der Waals surface area contributed by atoms with Gasteiger partial charge in [-0.05, 0) is 23.8 Å². The first-order valence-corrected chi connectivity index (χ1v) is 16.6. The molecule has 6 unspecified atom stereocenters. The van der Waals surface area contributed by atoms with Gasteiger partial charge in [-0.3, -0.25) is 69.2 Å². The molecule has 0 saturated carbocycles. The predicted octanol–water partition coefficient (Wildman–Crippen LogP) is 0.240. The number of ketones is 2. The van der Waals surface area contributed by atoms with Gasteiger partial charge in [0.05, 0.1) is 0 Å². The summed E-state index contributed by atoms with van der Waals surface area (Å²) in [7, 11) is 0. The molecule has 0 amide bonds. The van der Waals surface area contributed by atoms with Crippen molar-refractivity contribution < 1.29 is 77.3 Å². The number of hydrogen-bond acceptors (Lipinski definition) is 20. The summed E-state index contributed by atoms with van der Waals surface area (Å²) in [5.74, 6) is -5.57. The Bertz CT molecular complexity index is 1760. The third kappa shape index (κ3) is 16.6. The van der Waals surface area contributed by atoms with Gasteiger partial charge in [0.2, 0.25) is 26.2 Å². The zero-order chi connectivity index (χ0) is 42.7. The second-order valence-corrected chi connectivity index (χ2v) is 11.7. The van der Waals surface area contributed by atoms with Crippen LogP contribution >= 0.6 is 0 Å². The number of carbonyl (C=O) groups excluding carboxylic acids is 6. The minimum atomic E-state index is -2.22. The summed E-state index contributed by atoms with van der Waals surface area (Å²) >= 11 is 0. The van der Waals surface area contributed by atoms with Crippen LogP contribution in [0.3, 0.4) is 0 Å². The predicted molar refractivity (Wildman–Crippen MR) is 184 cm³/mol. The van der Waals surface area contributed by atoms with Gasteiger partial charge in [0.25, 0.3) is 0 Å². The largest absolute Gasteiger partial charge is 0.463 e. The van der Waals surface area contributed by atoms with E-state index in [9.17, 15) is 74.3 Å². The highest BCUT2D eigenvalue weighted by Crippen LogP contribution is 2.30. The van der Waals surface area contributed by atoms with E-state index in [0.717, 1.165) is 5.56 Å².